The quantitative estimate of drug-likeness (QED) is 0.875. The minimum atomic E-state index is -0.390. The van der Waals surface area contributed by atoms with Gasteiger partial charge in [0.25, 0.3) is 0 Å². The van der Waals surface area contributed by atoms with Crippen molar-refractivity contribution >= 4 is 0 Å². The van der Waals surface area contributed by atoms with Crippen LogP contribution in [0.15, 0.2) is 6.07 Å². The van der Waals surface area contributed by atoms with Gasteiger partial charge < -0.3 is 15.2 Å². The molecular weight excluding hydrogens is 221 g/mol. The van der Waals surface area contributed by atoms with Gasteiger partial charge in [0.2, 0.25) is 0 Å². The molecule has 1 fully saturated rings. The summed E-state index contributed by atoms with van der Waals surface area (Å²) >= 11 is 0. The van der Waals surface area contributed by atoms with Crippen LogP contribution in [0, 0.1) is 12.7 Å². The molecule has 1 aliphatic carbocycles. The van der Waals surface area contributed by atoms with Crippen LogP contribution < -0.4 is 15.2 Å². The second kappa shape index (κ2) is 4.18. The number of benzene rings is 1. The number of aryl methyl sites for hydroxylation is 1. The standard InChI is InChI=1S/C13H18FNO2/c1-8-6-9(14)11(16-2)12(17-3)10(8)13(7-15)4-5-13/h6H,4-5,7,15H2,1-3H3. The maximum Gasteiger partial charge on any atom is 0.197 e. The van der Waals surface area contributed by atoms with E-state index in [0.717, 1.165) is 24.0 Å². The van der Waals surface area contributed by atoms with E-state index in [4.69, 9.17) is 15.2 Å². The summed E-state index contributed by atoms with van der Waals surface area (Å²) in [6, 6.07) is 1.49. The number of ether oxygens (including phenoxy) is 2. The molecule has 0 aromatic heterocycles. The van der Waals surface area contributed by atoms with Gasteiger partial charge in [-0.3, -0.25) is 0 Å². The van der Waals surface area contributed by atoms with Gasteiger partial charge in [-0.05, 0) is 31.4 Å². The molecule has 0 heterocycles. The van der Waals surface area contributed by atoms with E-state index in [2.05, 4.69) is 0 Å². The van der Waals surface area contributed by atoms with Gasteiger partial charge in [-0.25, -0.2) is 4.39 Å². The van der Waals surface area contributed by atoms with E-state index in [1.807, 2.05) is 6.92 Å². The number of hydrogen-bond donors (Lipinski definition) is 1. The van der Waals surface area contributed by atoms with Crippen LogP contribution in [0.3, 0.4) is 0 Å². The van der Waals surface area contributed by atoms with Crippen molar-refractivity contribution in [2.24, 2.45) is 5.73 Å². The van der Waals surface area contributed by atoms with Gasteiger partial charge in [-0.15, -0.1) is 0 Å². The van der Waals surface area contributed by atoms with Crippen LogP contribution in [0.2, 0.25) is 0 Å². The summed E-state index contributed by atoms with van der Waals surface area (Å²) in [7, 11) is 2.98. The number of methoxy groups -OCH3 is 2. The van der Waals surface area contributed by atoms with Gasteiger partial charge in [0.15, 0.2) is 17.3 Å². The zero-order valence-corrected chi connectivity index (χ0v) is 10.5. The molecule has 1 aromatic rings. The molecule has 0 saturated heterocycles. The summed E-state index contributed by atoms with van der Waals surface area (Å²) in [6.45, 7) is 2.44. The lowest BCUT2D eigenvalue weighted by Gasteiger charge is -2.22. The first-order chi connectivity index (χ1) is 8.09. The molecule has 4 heteroatoms. The van der Waals surface area contributed by atoms with Gasteiger partial charge in [0.05, 0.1) is 14.2 Å². The Bertz CT molecular complexity index is 442. The molecular formula is C13H18FNO2. The fraction of sp³-hybridized carbons (Fsp3) is 0.538. The number of nitrogens with two attached hydrogens (primary N) is 1. The van der Waals surface area contributed by atoms with Crippen molar-refractivity contribution in [1.29, 1.82) is 0 Å². The molecule has 2 N–H and O–H groups in total. The smallest absolute Gasteiger partial charge is 0.197 e. The number of rotatable bonds is 4. The maximum absolute atomic E-state index is 13.8. The third-order valence-electron chi connectivity index (χ3n) is 3.57. The molecule has 0 amide bonds. The van der Waals surface area contributed by atoms with Crippen molar-refractivity contribution in [2.75, 3.05) is 20.8 Å². The largest absolute Gasteiger partial charge is 0.492 e. The van der Waals surface area contributed by atoms with Gasteiger partial charge in [-0.1, -0.05) is 0 Å². The second-order valence-electron chi connectivity index (χ2n) is 4.60. The topological polar surface area (TPSA) is 44.5 Å². The third-order valence-corrected chi connectivity index (χ3v) is 3.57. The summed E-state index contributed by atoms with van der Waals surface area (Å²) in [4.78, 5) is 0. The van der Waals surface area contributed by atoms with Crippen LogP contribution in [0.4, 0.5) is 4.39 Å². The van der Waals surface area contributed by atoms with Gasteiger partial charge in [0, 0.05) is 17.5 Å². The Kier molecular flexibility index (Phi) is 3.00. The van der Waals surface area contributed by atoms with E-state index in [0.29, 0.717) is 12.3 Å². The lowest BCUT2D eigenvalue weighted by molar-refractivity contribution is 0.331. The van der Waals surface area contributed by atoms with E-state index in [1.165, 1.54) is 20.3 Å². The molecule has 0 unspecified atom stereocenters. The van der Waals surface area contributed by atoms with Crippen LogP contribution in [0.5, 0.6) is 11.5 Å². The lowest BCUT2D eigenvalue weighted by atomic mass is 9.90. The minimum Gasteiger partial charge on any atom is -0.492 e. The molecule has 0 radical (unpaired) electrons. The molecule has 3 nitrogen and oxygen atoms in total. The summed E-state index contributed by atoms with van der Waals surface area (Å²) in [6.07, 6.45) is 2.05. The van der Waals surface area contributed by atoms with Crippen LogP contribution in [-0.4, -0.2) is 20.8 Å². The molecule has 17 heavy (non-hydrogen) atoms. The molecule has 2 rings (SSSR count). The van der Waals surface area contributed by atoms with Gasteiger partial charge >= 0.3 is 0 Å². The van der Waals surface area contributed by atoms with Crippen molar-refractivity contribution < 1.29 is 13.9 Å². The van der Waals surface area contributed by atoms with Crippen molar-refractivity contribution in [3.05, 3.63) is 23.0 Å². The SMILES string of the molecule is COc1c(F)cc(C)c(C2(CN)CC2)c1OC. The van der Waals surface area contributed by atoms with Crippen molar-refractivity contribution in [3.8, 4) is 11.5 Å². The van der Waals surface area contributed by atoms with Gasteiger partial charge in [-0.2, -0.15) is 0 Å². The van der Waals surface area contributed by atoms with Crippen LogP contribution in [0.25, 0.3) is 0 Å². The van der Waals surface area contributed by atoms with E-state index >= 15 is 0 Å². The molecule has 1 aromatic carbocycles. The first-order valence-electron chi connectivity index (χ1n) is 5.71. The Morgan fingerprint density at radius 1 is 1.29 bits per heavy atom. The number of hydrogen-bond acceptors (Lipinski definition) is 3. The Labute approximate surface area is 101 Å². The van der Waals surface area contributed by atoms with E-state index < -0.39 is 5.82 Å². The molecule has 1 aliphatic rings. The third kappa shape index (κ3) is 1.76. The molecule has 94 valence electrons. The molecule has 0 atom stereocenters. The Balaban J connectivity index is 2.65. The van der Waals surface area contributed by atoms with E-state index in [1.54, 1.807) is 0 Å². The highest BCUT2D eigenvalue weighted by atomic mass is 19.1. The predicted molar refractivity (Wildman–Crippen MR) is 64.2 cm³/mol. The Hall–Kier alpha value is -1.29. The van der Waals surface area contributed by atoms with Gasteiger partial charge in [0.1, 0.15) is 0 Å². The zero-order chi connectivity index (χ0) is 12.6. The molecule has 0 spiro atoms. The zero-order valence-electron chi connectivity index (χ0n) is 10.5. The molecule has 1 saturated carbocycles. The fourth-order valence-corrected chi connectivity index (χ4v) is 2.48. The highest BCUT2D eigenvalue weighted by Crippen LogP contribution is 2.54. The van der Waals surface area contributed by atoms with E-state index in [-0.39, 0.29) is 11.2 Å². The maximum atomic E-state index is 13.8. The average Bonchev–Trinajstić information content (AvgIpc) is 3.08. The average molecular weight is 239 g/mol. The van der Waals surface area contributed by atoms with Crippen LogP contribution in [-0.2, 0) is 5.41 Å². The summed E-state index contributed by atoms with van der Waals surface area (Å²) < 4.78 is 24.2. The number of halogens is 1. The summed E-state index contributed by atoms with van der Waals surface area (Å²) in [5.41, 5.74) is 7.67. The first kappa shape index (κ1) is 12.2. The van der Waals surface area contributed by atoms with Crippen LogP contribution in [0.1, 0.15) is 24.0 Å². The molecule has 0 bridgehead atoms. The Morgan fingerprint density at radius 3 is 2.29 bits per heavy atom. The normalized spacial score (nSPS) is 16.8. The summed E-state index contributed by atoms with van der Waals surface area (Å²) in [5.74, 6) is 0.277. The molecule has 0 aliphatic heterocycles. The minimum absolute atomic E-state index is 0.0452. The highest BCUT2D eigenvalue weighted by Gasteiger charge is 2.47. The predicted octanol–water partition coefficient (Wildman–Crippen LogP) is 2.14. The van der Waals surface area contributed by atoms with E-state index in [9.17, 15) is 4.39 Å². The summed E-state index contributed by atoms with van der Waals surface area (Å²) in [5, 5.41) is 0. The van der Waals surface area contributed by atoms with Crippen LogP contribution >= 0.6 is 0 Å². The lowest BCUT2D eigenvalue weighted by Crippen LogP contribution is -2.22. The monoisotopic (exact) mass is 239 g/mol. The van der Waals surface area contributed by atoms with Crippen molar-refractivity contribution in [1.82, 2.24) is 0 Å². The second-order valence-corrected chi connectivity index (χ2v) is 4.60. The van der Waals surface area contributed by atoms with Crippen molar-refractivity contribution in [3.63, 3.8) is 0 Å². The first-order valence-corrected chi connectivity index (χ1v) is 5.71. The van der Waals surface area contributed by atoms with Crippen molar-refractivity contribution in [2.45, 2.75) is 25.2 Å². The fourth-order valence-electron chi connectivity index (χ4n) is 2.48. The highest BCUT2D eigenvalue weighted by molar-refractivity contribution is 5.56. The Morgan fingerprint density at radius 2 is 1.88 bits per heavy atom.